The molecule has 0 amide bonds. The molecule has 2 aromatic rings. The van der Waals surface area contributed by atoms with Gasteiger partial charge in [0.1, 0.15) is 10.1 Å². The Kier molecular flexibility index (Phi) is 4.33. The zero-order valence-electron chi connectivity index (χ0n) is 13.1. The largest absolute Gasteiger partial charge is 0.480 e. The van der Waals surface area contributed by atoms with Gasteiger partial charge < -0.3 is 5.11 Å². The Labute approximate surface area is 142 Å². The fourth-order valence-electron chi connectivity index (χ4n) is 2.77. The second kappa shape index (κ2) is 6.13. The van der Waals surface area contributed by atoms with Crippen molar-refractivity contribution in [1.29, 1.82) is 0 Å². The molecule has 23 heavy (non-hydrogen) atoms. The third-order valence-corrected chi connectivity index (χ3v) is 6.11. The van der Waals surface area contributed by atoms with Crippen LogP contribution in [0, 0.1) is 0 Å². The molecule has 0 saturated carbocycles. The molecule has 7 heteroatoms. The highest BCUT2D eigenvalue weighted by Crippen LogP contribution is 2.36. The van der Waals surface area contributed by atoms with Gasteiger partial charge >= 0.3 is 5.97 Å². The fourth-order valence-corrected chi connectivity index (χ4v) is 4.91. The highest BCUT2D eigenvalue weighted by Gasteiger charge is 2.24. The Balaban J connectivity index is 2.19. The molecule has 122 valence electrons. The first kappa shape index (κ1) is 16.3. The molecule has 0 radical (unpaired) electrons. The van der Waals surface area contributed by atoms with E-state index in [4.69, 9.17) is 5.11 Å². The number of hydrogen-bond acceptors (Lipinski definition) is 5. The first-order valence-electron chi connectivity index (χ1n) is 7.47. The molecule has 2 aromatic heterocycles. The maximum Gasteiger partial charge on any atom is 0.316 e. The van der Waals surface area contributed by atoms with Crippen LogP contribution in [0.2, 0.25) is 0 Å². The number of aromatic nitrogens is 2. The summed E-state index contributed by atoms with van der Waals surface area (Å²) in [4.78, 5) is 30.7. The van der Waals surface area contributed by atoms with Gasteiger partial charge in [0.05, 0.1) is 5.39 Å². The number of aliphatic carboxylic acids is 1. The lowest BCUT2D eigenvalue weighted by molar-refractivity contribution is -0.136. The van der Waals surface area contributed by atoms with E-state index >= 15 is 0 Å². The molecule has 0 fully saturated rings. The number of carbonyl (C=O) groups is 1. The van der Waals surface area contributed by atoms with Gasteiger partial charge in [-0.05, 0) is 38.7 Å². The molecule has 3 rings (SSSR count). The quantitative estimate of drug-likeness (QED) is 0.510. The molecule has 0 saturated heterocycles. The van der Waals surface area contributed by atoms with Crippen molar-refractivity contribution in [3.63, 3.8) is 0 Å². The van der Waals surface area contributed by atoms with E-state index in [0.717, 1.165) is 52.4 Å². The molecule has 2 heterocycles. The van der Waals surface area contributed by atoms with Crippen molar-refractivity contribution in [1.82, 2.24) is 9.55 Å². The van der Waals surface area contributed by atoms with Crippen molar-refractivity contribution >= 4 is 39.3 Å². The van der Waals surface area contributed by atoms with Crippen molar-refractivity contribution in [2.24, 2.45) is 0 Å². The second-order valence-corrected chi connectivity index (χ2v) is 8.27. The lowest BCUT2D eigenvalue weighted by Gasteiger charge is -2.13. The first-order valence-corrected chi connectivity index (χ1v) is 9.17. The van der Waals surface area contributed by atoms with Gasteiger partial charge in [0.15, 0.2) is 5.16 Å². The minimum atomic E-state index is -0.917. The number of aryl methyl sites for hydroxylation is 2. The van der Waals surface area contributed by atoms with Crippen LogP contribution in [0.25, 0.3) is 10.2 Å². The monoisotopic (exact) mass is 350 g/mol. The van der Waals surface area contributed by atoms with E-state index in [0.29, 0.717) is 11.7 Å². The van der Waals surface area contributed by atoms with Crippen molar-refractivity contribution in [3.8, 4) is 0 Å². The van der Waals surface area contributed by atoms with Crippen LogP contribution >= 0.6 is 23.1 Å². The van der Waals surface area contributed by atoms with E-state index in [1.54, 1.807) is 22.8 Å². The summed E-state index contributed by atoms with van der Waals surface area (Å²) < 4.78 is 1.57. The zero-order chi connectivity index (χ0) is 16.7. The number of thiophene rings is 1. The molecule has 1 N–H and O–H groups in total. The summed E-state index contributed by atoms with van der Waals surface area (Å²) in [6.45, 7) is 7.69. The maximum atomic E-state index is 13.0. The highest BCUT2D eigenvalue weighted by molar-refractivity contribution is 8.00. The topological polar surface area (TPSA) is 72.2 Å². The molecule has 1 aliphatic carbocycles. The van der Waals surface area contributed by atoms with Crippen LogP contribution in [-0.2, 0) is 24.2 Å². The van der Waals surface area contributed by atoms with Crippen LogP contribution in [0.15, 0.2) is 22.1 Å². The summed E-state index contributed by atoms with van der Waals surface area (Å²) in [6.07, 6.45) is 3.02. The van der Waals surface area contributed by atoms with Gasteiger partial charge in [0.2, 0.25) is 0 Å². The lowest BCUT2D eigenvalue weighted by atomic mass is 10.2. The molecule has 5 nitrogen and oxygen atoms in total. The molecule has 0 aliphatic heterocycles. The Hall–Kier alpha value is -1.60. The number of hydrogen-bond donors (Lipinski definition) is 1. The van der Waals surface area contributed by atoms with Crippen LogP contribution in [0.4, 0.5) is 0 Å². The number of nitrogens with zero attached hydrogens (tertiary/aromatic N) is 2. The van der Waals surface area contributed by atoms with Gasteiger partial charge in [-0.3, -0.25) is 14.2 Å². The van der Waals surface area contributed by atoms with Gasteiger partial charge in [-0.25, -0.2) is 4.98 Å². The molecule has 0 bridgehead atoms. The first-order chi connectivity index (χ1) is 10.9. The summed E-state index contributed by atoms with van der Waals surface area (Å²) in [5, 5.41) is 9.66. The molecule has 1 aliphatic rings. The Bertz CT molecular complexity index is 866. The lowest BCUT2D eigenvalue weighted by Crippen LogP contribution is -2.25. The van der Waals surface area contributed by atoms with E-state index in [9.17, 15) is 9.59 Å². The summed E-state index contributed by atoms with van der Waals surface area (Å²) in [5.41, 5.74) is 1.91. The average Bonchev–Trinajstić information content (AvgIpc) is 3.02. The van der Waals surface area contributed by atoms with E-state index < -0.39 is 11.2 Å². The second-order valence-electron chi connectivity index (χ2n) is 5.88. The van der Waals surface area contributed by atoms with E-state index in [1.807, 2.05) is 6.92 Å². The van der Waals surface area contributed by atoms with Crippen LogP contribution in [0.1, 0.15) is 30.7 Å². The predicted octanol–water partition coefficient (Wildman–Crippen LogP) is 3.09. The summed E-state index contributed by atoms with van der Waals surface area (Å²) in [6, 6.07) is 0. The minimum absolute atomic E-state index is 0.0718. The van der Waals surface area contributed by atoms with Gasteiger partial charge in [0.25, 0.3) is 5.56 Å². The van der Waals surface area contributed by atoms with E-state index in [1.165, 1.54) is 4.88 Å². The average molecular weight is 350 g/mol. The maximum absolute atomic E-state index is 13.0. The molecular formula is C16H18N2O3S2. The third kappa shape index (κ3) is 2.95. The van der Waals surface area contributed by atoms with Crippen LogP contribution in [0.5, 0.6) is 0 Å². The number of carboxylic acid groups (broad SMARTS) is 1. The van der Waals surface area contributed by atoms with Gasteiger partial charge in [-0.1, -0.05) is 23.9 Å². The van der Waals surface area contributed by atoms with Crippen molar-refractivity contribution in [3.05, 3.63) is 32.9 Å². The van der Waals surface area contributed by atoms with Crippen LogP contribution in [-0.4, -0.2) is 25.9 Å². The zero-order valence-corrected chi connectivity index (χ0v) is 14.7. The molecule has 0 spiro atoms. The van der Waals surface area contributed by atoms with Gasteiger partial charge in [0, 0.05) is 11.4 Å². The van der Waals surface area contributed by atoms with Gasteiger partial charge in [-0.2, -0.15) is 0 Å². The number of allylic oxidation sites excluding steroid dienone is 1. The normalized spacial score (nSPS) is 14.9. The number of fused-ring (bicyclic) bond motifs is 3. The number of rotatable bonds is 5. The number of carboxylic acids is 1. The summed E-state index contributed by atoms with van der Waals surface area (Å²) >= 11 is 2.68. The third-order valence-electron chi connectivity index (χ3n) is 3.85. The molecule has 0 unspecified atom stereocenters. The predicted molar refractivity (Wildman–Crippen MR) is 93.7 cm³/mol. The smallest absolute Gasteiger partial charge is 0.316 e. The standard InChI is InChI=1S/C16H18N2O3S2/c1-8(2)7-18-14(19)12-10-5-4-6-11(10)23-13(12)17-16(18)22-9(3)15(20)21/h9H,1,4-7H2,2-3H3,(H,20,21)/t9-/m1/s1. The van der Waals surface area contributed by atoms with Crippen LogP contribution < -0.4 is 5.56 Å². The Morgan fingerprint density at radius 2 is 2.26 bits per heavy atom. The summed E-state index contributed by atoms with van der Waals surface area (Å²) in [5.74, 6) is -0.917. The Morgan fingerprint density at radius 3 is 2.91 bits per heavy atom. The van der Waals surface area contributed by atoms with Crippen molar-refractivity contribution in [2.75, 3.05) is 0 Å². The van der Waals surface area contributed by atoms with E-state index in [-0.39, 0.29) is 5.56 Å². The summed E-state index contributed by atoms with van der Waals surface area (Å²) in [7, 11) is 0. The van der Waals surface area contributed by atoms with Crippen molar-refractivity contribution in [2.45, 2.75) is 50.1 Å². The molecular weight excluding hydrogens is 332 g/mol. The fraction of sp³-hybridized carbons (Fsp3) is 0.438. The van der Waals surface area contributed by atoms with Crippen LogP contribution in [0.3, 0.4) is 0 Å². The molecule has 1 atom stereocenters. The van der Waals surface area contributed by atoms with Crippen molar-refractivity contribution < 1.29 is 9.90 Å². The SMILES string of the molecule is C=C(C)Cn1c(S[C@H](C)C(=O)O)nc2sc3c(c2c1=O)CCC3. The highest BCUT2D eigenvalue weighted by atomic mass is 32.2. The number of thioether (sulfide) groups is 1. The Morgan fingerprint density at radius 1 is 1.52 bits per heavy atom. The minimum Gasteiger partial charge on any atom is -0.480 e. The van der Waals surface area contributed by atoms with Gasteiger partial charge in [-0.15, -0.1) is 11.3 Å². The molecule has 0 aromatic carbocycles. The van der Waals surface area contributed by atoms with E-state index in [2.05, 4.69) is 11.6 Å².